The van der Waals surface area contributed by atoms with E-state index in [0.29, 0.717) is 12.8 Å². The van der Waals surface area contributed by atoms with E-state index in [2.05, 4.69) is 10.3 Å². The van der Waals surface area contributed by atoms with Gasteiger partial charge in [-0.3, -0.25) is 0 Å². The molecule has 0 unspecified atom stereocenters. The zero-order chi connectivity index (χ0) is 13.0. The Labute approximate surface area is 98.0 Å². The monoisotopic (exact) mass is 228 g/mol. The van der Waals surface area contributed by atoms with E-state index >= 15 is 0 Å². The normalized spacial score (nSPS) is 15.4. The Morgan fingerprint density at radius 3 is 1.12 bits per heavy atom. The highest BCUT2D eigenvalue weighted by Gasteiger charge is 2.24. The fourth-order valence-corrected chi connectivity index (χ4v) is 1.39. The van der Waals surface area contributed by atoms with Crippen LogP contribution < -0.4 is 0 Å². The Balaban J connectivity index is 4.57. The summed E-state index contributed by atoms with van der Waals surface area (Å²) in [7, 11) is 0. The van der Waals surface area contributed by atoms with Gasteiger partial charge in [-0.2, -0.15) is 0 Å². The molecule has 16 heavy (non-hydrogen) atoms. The van der Waals surface area contributed by atoms with Gasteiger partial charge in [-0.05, 0) is 12.8 Å². The predicted octanol–water partition coefficient (Wildman–Crippen LogP) is 3.52. The van der Waals surface area contributed by atoms with Gasteiger partial charge >= 0.3 is 0 Å². The smallest absolute Gasteiger partial charge is 0.0627 e. The van der Waals surface area contributed by atoms with Crippen molar-refractivity contribution in [2.75, 3.05) is 0 Å². The van der Waals surface area contributed by atoms with Crippen LogP contribution in [0.1, 0.15) is 54.4 Å². The summed E-state index contributed by atoms with van der Waals surface area (Å²) in [6.07, 6.45) is 1.22. The third kappa shape index (κ3) is 4.64. The third-order valence-electron chi connectivity index (χ3n) is 2.57. The highest BCUT2D eigenvalue weighted by Crippen LogP contribution is 2.24. The summed E-state index contributed by atoms with van der Waals surface area (Å²) in [6, 6.07) is 0. The molecule has 0 aromatic heterocycles. The van der Waals surface area contributed by atoms with Gasteiger partial charge in [0.1, 0.15) is 0 Å². The Morgan fingerprint density at radius 2 is 1.00 bits per heavy atom. The number of hydrogen-bond donors (Lipinski definition) is 2. The zero-order valence-electron chi connectivity index (χ0n) is 11.2. The molecular weight excluding hydrogens is 204 g/mol. The van der Waals surface area contributed by atoms with Crippen molar-refractivity contribution < 1.29 is 10.4 Å². The van der Waals surface area contributed by atoms with Gasteiger partial charge in [0.15, 0.2) is 0 Å². The van der Waals surface area contributed by atoms with Crippen LogP contribution in [-0.4, -0.2) is 21.8 Å². The molecule has 0 spiro atoms. The molecule has 0 rings (SSSR count). The van der Waals surface area contributed by atoms with Crippen LogP contribution in [0, 0.1) is 10.8 Å². The van der Waals surface area contributed by atoms with Crippen molar-refractivity contribution in [3.63, 3.8) is 0 Å². The Hall–Kier alpha value is -1.06. The van der Waals surface area contributed by atoms with Gasteiger partial charge in [-0.15, -0.1) is 0 Å². The first-order chi connectivity index (χ1) is 7.12. The minimum absolute atomic E-state index is 0.160. The van der Waals surface area contributed by atoms with Crippen LogP contribution in [0.15, 0.2) is 10.3 Å². The lowest BCUT2D eigenvalue weighted by atomic mass is 9.82. The Kier molecular flexibility index (Phi) is 4.97. The fourth-order valence-electron chi connectivity index (χ4n) is 1.39. The number of oxime groups is 2. The van der Waals surface area contributed by atoms with Gasteiger partial charge in [-0.25, -0.2) is 0 Å². The van der Waals surface area contributed by atoms with Gasteiger partial charge < -0.3 is 10.4 Å². The quantitative estimate of drug-likeness (QED) is 0.441. The van der Waals surface area contributed by atoms with E-state index < -0.39 is 0 Å². The van der Waals surface area contributed by atoms with Gasteiger partial charge in [0.05, 0.1) is 11.4 Å². The summed E-state index contributed by atoms with van der Waals surface area (Å²) in [5.74, 6) is 0. The zero-order valence-corrected chi connectivity index (χ0v) is 11.2. The summed E-state index contributed by atoms with van der Waals surface area (Å²) < 4.78 is 0. The van der Waals surface area contributed by atoms with Crippen LogP contribution in [0.3, 0.4) is 0 Å². The summed E-state index contributed by atoms with van der Waals surface area (Å²) in [6.45, 7) is 12.0. The molecule has 4 heteroatoms. The van der Waals surface area contributed by atoms with E-state index in [0.717, 1.165) is 11.4 Å². The molecule has 0 aliphatic carbocycles. The van der Waals surface area contributed by atoms with Crippen LogP contribution in [0.5, 0.6) is 0 Å². The molecule has 0 aliphatic heterocycles. The molecule has 0 bridgehead atoms. The Morgan fingerprint density at radius 1 is 0.750 bits per heavy atom. The molecule has 0 aromatic carbocycles. The number of hydrogen-bond acceptors (Lipinski definition) is 4. The Bertz CT molecular complexity index is 250. The maximum atomic E-state index is 8.94. The van der Waals surface area contributed by atoms with E-state index in [1.165, 1.54) is 0 Å². The van der Waals surface area contributed by atoms with Gasteiger partial charge in [0.25, 0.3) is 0 Å². The van der Waals surface area contributed by atoms with Crippen LogP contribution in [0.2, 0.25) is 0 Å². The lowest BCUT2D eigenvalue weighted by molar-refractivity contribution is 0.305. The molecule has 2 N–H and O–H groups in total. The molecule has 0 saturated carbocycles. The van der Waals surface area contributed by atoms with E-state index in [1.54, 1.807) is 0 Å². The van der Waals surface area contributed by atoms with Crippen molar-refractivity contribution in [1.29, 1.82) is 0 Å². The maximum absolute atomic E-state index is 8.94. The molecule has 0 aromatic rings. The molecule has 0 aliphatic rings. The van der Waals surface area contributed by atoms with E-state index in [-0.39, 0.29) is 10.8 Å². The molecule has 0 fully saturated rings. The van der Waals surface area contributed by atoms with Crippen molar-refractivity contribution in [3.8, 4) is 0 Å². The van der Waals surface area contributed by atoms with E-state index in [4.69, 9.17) is 10.4 Å². The third-order valence-corrected chi connectivity index (χ3v) is 2.57. The first-order valence-electron chi connectivity index (χ1n) is 5.55. The first kappa shape index (κ1) is 14.9. The average molecular weight is 228 g/mol. The highest BCUT2D eigenvalue weighted by atomic mass is 16.4. The lowest BCUT2D eigenvalue weighted by Gasteiger charge is -2.23. The van der Waals surface area contributed by atoms with Crippen LogP contribution >= 0.6 is 0 Å². The van der Waals surface area contributed by atoms with Gasteiger partial charge in [0.2, 0.25) is 0 Å². The summed E-state index contributed by atoms with van der Waals surface area (Å²) in [5, 5.41) is 24.5. The fraction of sp³-hybridized carbons (Fsp3) is 0.833. The molecule has 0 radical (unpaired) electrons. The molecule has 4 nitrogen and oxygen atoms in total. The predicted molar refractivity (Wildman–Crippen MR) is 66.6 cm³/mol. The number of nitrogens with zero attached hydrogens (tertiary/aromatic N) is 2. The second kappa shape index (κ2) is 5.32. The van der Waals surface area contributed by atoms with Crippen LogP contribution in [0.25, 0.3) is 0 Å². The molecule has 0 amide bonds. The average Bonchev–Trinajstić information content (AvgIpc) is 2.08. The van der Waals surface area contributed by atoms with Crippen molar-refractivity contribution in [1.82, 2.24) is 0 Å². The lowest BCUT2D eigenvalue weighted by Crippen LogP contribution is -2.25. The minimum atomic E-state index is -0.160. The summed E-state index contributed by atoms with van der Waals surface area (Å²) >= 11 is 0. The largest absolute Gasteiger partial charge is 0.411 e. The second-order valence-corrected chi connectivity index (χ2v) is 6.09. The van der Waals surface area contributed by atoms with E-state index in [1.807, 2.05) is 41.5 Å². The van der Waals surface area contributed by atoms with Crippen molar-refractivity contribution >= 4 is 11.4 Å². The minimum Gasteiger partial charge on any atom is -0.411 e. The molecular formula is C12H24N2O2. The summed E-state index contributed by atoms with van der Waals surface area (Å²) in [4.78, 5) is 0. The molecule has 0 saturated heterocycles. The topological polar surface area (TPSA) is 65.2 Å². The van der Waals surface area contributed by atoms with Crippen LogP contribution in [-0.2, 0) is 0 Å². The standard InChI is InChI=1S/C12H24N2O2/c1-11(2,3)9(13-15)7-8-10(14-16)12(4,5)6/h15-16H,7-8H2,1-6H3/b13-9-,14-10-. The van der Waals surface area contributed by atoms with Gasteiger partial charge in [-0.1, -0.05) is 51.9 Å². The highest BCUT2D eigenvalue weighted by molar-refractivity contribution is 5.95. The van der Waals surface area contributed by atoms with Gasteiger partial charge in [0, 0.05) is 10.8 Å². The van der Waals surface area contributed by atoms with E-state index in [9.17, 15) is 0 Å². The second-order valence-electron chi connectivity index (χ2n) is 6.09. The number of rotatable bonds is 3. The molecule has 94 valence electrons. The van der Waals surface area contributed by atoms with Crippen molar-refractivity contribution in [2.24, 2.45) is 21.1 Å². The SMILES string of the molecule is CC(C)(C)/C(CC/C(=N/O)C(C)(C)C)=N\O. The first-order valence-corrected chi connectivity index (χ1v) is 5.55. The maximum Gasteiger partial charge on any atom is 0.0627 e. The summed E-state index contributed by atoms with van der Waals surface area (Å²) in [5.41, 5.74) is 1.12. The molecule has 0 heterocycles. The van der Waals surface area contributed by atoms with Crippen molar-refractivity contribution in [3.05, 3.63) is 0 Å². The van der Waals surface area contributed by atoms with Crippen molar-refractivity contribution in [2.45, 2.75) is 54.4 Å². The van der Waals surface area contributed by atoms with Crippen LogP contribution in [0.4, 0.5) is 0 Å². The molecule has 0 atom stereocenters.